The number of halogens is 3. The maximum absolute atomic E-state index is 13.3. The SMILES string of the molecule is Cc1noc(C)c1CN1CCN(C(=O)c2cn(-c3ccccc3C(F)(F)F)nn2)CC1. The van der Waals surface area contributed by atoms with Gasteiger partial charge in [0.15, 0.2) is 5.69 Å². The fraction of sp³-hybridized carbons (Fsp3) is 0.400. The Balaban J connectivity index is 1.43. The number of aryl methyl sites for hydroxylation is 2. The second-order valence-electron chi connectivity index (χ2n) is 7.43. The molecular formula is C20H21F3N6O2. The minimum Gasteiger partial charge on any atom is -0.361 e. The van der Waals surface area contributed by atoms with Gasteiger partial charge in [-0.2, -0.15) is 13.2 Å². The summed E-state index contributed by atoms with van der Waals surface area (Å²) < 4.78 is 46.0. The highest BCUT2D eigenvalue weighted by atomic mass is 19.4. The molecule has 0 unspecified atom stereocenters. The van der Waals surface area contributed by atoms with E-state index in [9.17, 15) is 18.0 Å². The summed E-state index contributed by atoms with van der Waals surface area (Å²) in [4.78, 5) is 16.6. The van der Waals surface area contributed by atoms with Crippen LogP contribution in [0.4, 0.5) is 13.2 Å². The number of carbonyl (C=O) groups is 1. The molecule has 0 N–H and O–H groups in total. The summed E-state index contributed by atoms with van der Waals surface area (Å²) in [6.07, 6.45) is -3.30. The lowest BCUT2D eigenvalue weighted by Gasteiger charge is -2.34. The van der Waals surface area contributed by atoms with Crippen molar-refractivity contribution in [2.24, 2.45) is 0 Å². The quantitative estimate of drug-likeness (QED) is 0.628. The summed E-state index contributed by atoms with van der Waals surface area (Å²) in [5, 5.41) is 11.5. The van der Waals surface area contributed by atoms with Crippen LogP contribution in [0, 0.1) is 13.8 Å². The number of para-hydroxylation sites is 1. The van der Waals surface area contributed by atoms with Gasteiger partial charge in [0.2, 0.25) is 0 Å². The normalized spacial score (nSPS) is 15.5. The molecule has 0 aliphatic carbocycles. The average Bonchev–Trinajstić information content (AvgIpc) is 3.36. The van der Waals surface area contributed by atoms with Gasteiger partial charge >= 0.3 is 6.18 Å². The van der Waals surface area contributed by atoms with Crippen LogP contribution in [0.25, 0.3) is 5.69 Å². The van der Waals surface area contributed by atoms with E-state index >= 15 is 0 Å². The van der Waals surface area contributed by atoms with E-state index < -0.39 is 11.7 Å². The number of benzene rings is 1. The first-order valence-electron chi connectivity index (χ1n) is 9.76. The molecule has 2 aromatic heterocycles. The van der Waals surface area contributed by atoms with Crippen LogP contribution in [0.2, 0.25) is 0 Å². The van der Waals surface area contributed by atoms with Crippen molar-refractivity contribution in [3.05, 3.63) is 58.7 Å². The van der Waals surface area contributed by atoms with E-state index in [1.807, 2.05) is 13.8 Å². The van der Waals surface area contributed by atoms with Crippen LogP contribution in [0.5, 0.6) is 0 Å². The van der Waals surface area contributed by atoms with Crippen molar-refractivity contribution in [1.29, 1.82) is 0 Å². The van der Waals surface area contributed by atoms with E-state index in [-0.39, 0.29) is 17.3 Å². The van der Waals surface area contributed by atoms with Crippen molar-refractivity contribution in [2.45, 2.75) is 26.6 Å². The third-order valence-corrected chi connectivity index (χ3v) is 5.39. The molecule has 8 nitrogen and oxygen atoms in total. The molecule has 3 heterocycles. The monoisotopic (exact) mass is 434 g/mol. The second kappa shape index (κ2) is 8.14. The van der Waals surface area contributed by atoms with Crippen LogP contribution >= 0.6 is 0 Å². The van der Waals surface area contributed by atoms with E-state index in [0.717, 1.165) is 27.8 Å². The number of carbonyl (C=O) groups excluding carboxylic acids is 1. The molecular weight excluding hydrogens is 413 g/mol. The van der Waals surface area contributed by atoms with Crippen LogP contribution in [0.1, 0.15) is 33.1 Å². The summed E-state index contributed by atoms with van der Waals surface area (Å²) in [6.45, 7) is 6.72. The average molecular weight is 434 g/mol. The fourth-order valence-electron chi connectivity index (χ4n) is 3.61. The first kappa shape index (κ1) is 21.0. The lowest BCUT2D eigenvalue weighted by atomic mass is 10.1. The predicted octanol–water partition coefficient (Wildman–Crippen LogP) is 2.85. The van der Waals surface area contributed by atoms with Gasteiger partial charge in [-0.25, -0.2) is 4.68 Å². The molecule has 164 valence electrons. The summed E-state index contributed by atoms with van der Waals surface area (Å²) >= 11 is 0. The minimum atomic E-state index is -4.54. The first-order chi connectivity index (χ1) is 14.7. The summed E-state index contributed by atoms with van der Waals surface area (Å²) in [7, 11) is 0. The van der Waals surface area contributed by atoms with Crippen molar-refractivity contribution in [3.63, 3.8) is 0 Å². The minimum absolute atomic E-state index is 0.0103. The van der Waals surface area contributed by atoms with Crippen molar-refractivity contribution in [3.8, 4) is 5.69 Å². The van der Waals surface area contributed by atoms with Crippen LogP contribution in [-0.2, 0) is 12.7 Å². The second-order valence-corrected chi connectivity index (χ2v) is 7.43. The Morgan fingerprint density at radius 1 is 1.13 bits per heavy atom. The van der Waals surface area contributed by atoms with Crippen LogP contribution < -0.4 is 0 Å². The molecule has 0 spiro atoms. The lowest BCUT2D eigenvalue weighted by Crippen LogP contribution is -2.48. The van der Waals surface area contributed by atoms with Gasteiger partial charge in [-0.15, -0.1) is 5.10 Å². The fourth-order valence-corrected chi connectivity index (χ4v) is 3.61. The van der Waals surface area contributed by atoms with Crippen LogP contribution in [0.3, 0.4) is 0 Å². The van der Waals surface area contributed by atoms with Gasteiger partial charge in [-0.05, 0) is 26.0 Å². The highest BCUT2D eigenvalue weighted by Gasteiger charge is 2.34. The van der Waals surface area contributed by atoms with Crippen molar-refractivity contribution >= 4 is 5.91 Å². The smallest absolute Gasteiger partial charge is 0.361 e. The zero-order chi connectivity index (χ0) is 22.2. The van der Waals surface area contributed by atoms with Crippen molar-refractivity contribution in [1.82, 2.24) is 30.0 Å². The first-order valence-corrected chi connectivity index (χ1v) is 9.76. The Kier molecular flexibility index (Phi) is 5.52. The Morgan fingerprint density at radius 3 is 2.48 bits per heavy atom. The largest absolute Gasteiger partial charge is 0.418 e. The molecule has 1 fully saturated rings. The molecule has 0 radical (unpaired) electrons. The summed E-state index contributed by atoms with van der Waals surface area (Å²) in [6, 6.07) is 5.04. The summed E-state index contributed by atoms with van der Waals surface area (Å²) in [5.74, 6) is 0.430. The molecule has 3 aromatic rings. The van der Waals surface area contributed by atoms with E-state index in [4.69, 9.17) is 4.52 Å². The lowest BCUT2D eigenvalue weighted by molar-refractivity contribution is -0.137. The standard InChI is InChI=1S/C20H21F3N6O2/c1-13-15(14(2)31-25-13)11-27-7-9-28(10-8-27)19(30)17-12-29(26-24-17)18-6-4-3-5-16(18)20(21,22)23/h3-6,12H,7-11H2,1-2H3. The van der Waals surface area contributed by atoms with E-state index in [1.54, 1.807) is 4.90 Å². The van der Waals surface area contributed by atoms with Gasteiger partial charge in [0.25, 0.3) is 5.91 Å². The zero-order valence-corrected chi connectivity index (χ0v) is 17.1. The molecule has 1 aliphatic heterocycles. The number of hydrogen-bond acceptors (Lipinski definition) is 6. The Bertz CT molecular complexity index is 1060. The summed E-state index contributed by atoms with van der Waals surface area (Å²) in [5.41, 5.74) is 0.895. The molecule has 31 heavy (non-hydrogen) atoms. The van der Waals surface area contributed by atoms with E-state index in [1.165, 1.54) is 24.4 Å². The highest BCUT2D eigenvalue weighted by Crippen LogP contribution is 2.33. The molecule has 0 bridgehead atoms. The van der Waals surface area contributed by atoms with Crippen molar-refractivity contribution < 1.29 is 22.5 Å². The van der Waals surface area contributed by atoms with Gasteiger partial charge in [-0.3, -0.25) is 9.69 Å². The Labute approximate surface area is 176 Å². The van der Waals surface area contributed by atoms with E-state index in [2.05, 4.69) is 20.4 Å². The van der Waals surface area contributed by atoms with Gasteiger partial charge < -0.3 is 9.42 Å². The predicted molar refractivity (Wildman–Crippen MR) is 104 cm³/mol. The molecule has 4 rings (SSSR count). The molecule has 1 amide bonds. The molecule has 11 heteroatoms. The van der Waals surface area contributed by atoms with Gasteiger partial charge in [-0.1, -0.05) is 22.5 Å². The number of hydrogen-bond donors (Lipinski definition) is 0. The number of piperazine rings is 1. The van der Waals surface area contributed by atoms with Gasteiger partial charge in [0, 0.05) is 38.3 Å². The maximum atomic E-state index is 13.3. The van der Waals surface area contributed by atoms with Crippen LogP contribution in [-0.4, -0.2) is 62.0 Å². The number of rotatable bonds is 4. The third-order valence-electron chi connectivity index (χ3n) is 5.39. The number of nitrogens with zero attached hydrogens (tertiary/aromatic N) is 6. The third kappa shape index (κ3) is 4.31. The molecule has 1 aromatic carbocycles. The Morgan fingerprint density at radius 2 is 1.84 bits per heavy atom. The highest BCUT2D eigenvalue weighted by molar-refractivity contribution is 5.92. The van der Waals surface area contributed by atoms with Gasteiger partial charge in [0.05, 0.1) is 23.1 Å². The topological polar surface area (TPSA) is 80.3 Å². The molecule has 1 aliphatic rings. The number of aromatic nitrogens is 4. The maximum Gasteiger partial charge on any atom is 0.418 e. The van der Waals surface area contributed by atoms with Crippen LogP contribution in [0.15, 0.2) is 35.0 Å². The molecule has 1 saturated heterocycles. The Hall–Kier alpha value is -3.21. The van der Waals surface area contributed by atoms with E-state index in [0.29, 0.717) is 32.7 Å². The van der Waals surface area contributed by atoms with Crippen molar-refractivity contribution in [2.75, 3.05) is 26.2 Å². The molecule has 0 atom stereocenters. The van der Waals surface area contributed by atoms with Gasteiger partial charge in [0.1, 0.15) is 5.76 Å². The molecule has 0 saturated carbocycles. The number of amides is 1. The number of alkyl halides is 3. The zero-order valence-electron chi connectivity index (χ0n) is 17.1.